The Morgan fingerprint density at radius 2 is 2.14 bits per heavy atom. The van der Waals surface area contributed by atoms with Crippen LogP contribution in [0.2, 0.25) is 0 Å². The first kappa shape index (κ1) is 13.9. The van der Waals surface area contributed by atoms with Gasteiger partial charge in [0.15, 0.2) is 5.76 Å². The van der Waals surface area contributed by atoms with Crippen molar-refractivity contribution in [2.24, 2.45) is 5.92 Å². The number of nitrogens with one attached hydrogen (secondary N) is 1. The number of rotatable bonds is 3. The first-order valence-electron chi connectivity index (χ1n) is 7.37. The Bertz CT molecular complexity index is 642. The number of carbonyl (C=O) groups excluding carboxylic acids is 1. The van der Waals surface area contributed by atoms with E-state index < -0.39 is 0 Å². The number of carbonyl (C=O) groups is 1. The Morgan fingerprint density at radius 1 is 1.38 bits per heavy atom. The van der Waals surface area contributed by atoms with Gasteiger partial charge in [-0.25, -0.2) is 0 Å². The lowest BCUT2D eigenvalue weighted by Crippen LogP contribution is -2.36. The van der Waals surface area contributed by atoms with Crippen LogP contribution in [0.15, 0.2) is 28.7 Å². The molecule has 1 fully saturated rings. The maximum absolute atomic E-state index is 12.2. The van der Waals surface area contributed by atoms with Crippen molar-refractivity contribution >= 4 is 22.6 Å². The van der Waals surface area contributed by atoms with Gasteiger partial charge in [0.1, 0.15) is 5.58 Å². The normalized spacial score (nSPS) is 17.2. The van der Waals surface area contributed by atoms with Crippen molar-refractivity contribution in [1.82, 2.24) is 10.2 Å². The molecule has 112 valence electrons. The molecule has 2 heterocycles. The SMILES string of the molecule is CN1CCC(CNC(=O)c2cc3cc(N)ccc3o2)CC1. The van der Waals surface area contributed by atoms with E-state index in [9.17, 15) is 4.79 Å². The molecule has 1 aromatic heterocycles. The van der Waals surface area contributed by atoms with Crippen molar-refractivity contribution in [1.29, 1.82) is 0 Å². The highest BCUT2D eigenvalue weighted by atomic mass is 16.3. The van der Waals surface area contributed by atoms with E-state index in [-0.39, 0.29) is 5.91 Å². The van der Waals surface area contributed by atoms with Crippen molar-refractivity contribution in [3.05, 3.63) is 30.0 Å². The summed E-state index contributed by atoms with van der Waals surface area (Å²) in [4.78, 5) is 14.5. The van der Waals surface area contributed by atoms with Crippen molar-refractivity contribution in [3.8, 4) is 0 Å². The standard InChI is InChI=1S/C16H21N3O2/c1-19-6-4-11(5-7-19)10-18-16(20)15-9-12-8-13(17)2-3-14(12)21-15/h2-3,8-9,11H,4-7,10,17H2,1H3,(H,18,20). The molecule has 3 rings (SSSR count). The van der Waals surface area contributed by atoms with E-state index in [2.05, 4.69) is 17.3 Å². The number of hydrogen-bond donors (Lipinski definition) is 2. The molecule has 1 aliphatic rings. The molecule has 1 saturated heterocycles. The van der Waals surface area contributed by atoms with Gasteiger partial charge in [0.2, 0.25) is 0 Å². The lowest BCUT2D eigenvalue weighted by atomic mass is 9.97. The minimum atomic E-state index is -0.149. The van der Waals surface area contributed by atoms with Gasteiger partial charge in [-0.15, -0.1) is 0 Å². The summed E-state index contributed by atoms with van der Waals surface area (Å²) >= 11 is 0. The van der Waals surface area contributed by atoms with E-state index in [1.54, 1.807) is 18.2 Å². The van der Waals surface area contributed by atoms with Crippen molar-refractivity contribution in [2.75, 3.05) is 32.4 Å². The maximum Gasteiger partial charge on any atom is 0.287 e. The molecule has 0 saturated carbocycles. The predicted octanol–water partition coefficient (Wildman–Crippen LogP) is 2.09. The van der Waals surface area contributed by atoms with Crippen LogP contribution >= 0.6 is 0 Å². The van der Waals surface area contributed by atoms with Gasteiger partial charge in [0, 0.05) is 17.6 Å². The molecule has 0 atom stereocenters. The van der Waals surface area contributed by atoms with Crippen LogP contribution in [-0.4, -0.2) is 37.5 Å². The first-order chi connectivity index (χ1) is 10.1. The van der Waals surface area contributed by atoms with E-state index >= 15 is 0 Å². The molecule has 21 heavy (non-hydrogen) atoms. The molecule has 1 aliphatic heterocycles. The largest absolute Gasteiger partial charge is 0.451 e. The smallest absolute Gasteiger partial charge is 0.287 e. The lowest BCUT2D eigenvalue weighted by molar-refractivity contribution is 0.0913. The van der Waals surface area contributed by atoms with E-state index in [1.165, 1.54) is 0 Å². The van der Waals surface area contributed by atoms with E-state index in [0.717, 1.165) is 31.3 Å². The zero-order valence-electron chi connectivity index (χ0n) is 12.3. The fraction of sp³-hybridized carbons (Fsp3) is 0.438. The Labute approximate surface area is 124 Å². The molecule has 2 aromatic rings. The number of hydrogen-bond acceptors (Lipinski definition) is 4. The molecule has 1 amide bonds. The van der Waals surface area contributed by atoms with Crippen LogP contribution in [0.25, 0.3) is 11.0 Å². The summed E-state index contributed by atoms with van der Waals surface area (Å²) in [5.41, 5.74) is 7.09. The average molecular weight is 287 g/mol. The molecule has 1 aromatic carbocycles. The van der Waals surface area contributed by atoms with Crippen LogP contribution in [0.1, 0.15) is 23.4 Å². The minimum absolute atomic E-state index is 0.149. The summed E-state index contributed by atoms with van der Waals surface area (Å²) in [6.07, 6.45) is 2.26. The Hall–Kier alpha value is -2.01. The summed E-state index contributed by atoms with van der Waals surface area (Å²) in [6, 6.07) is 7.12. The zero-order valence-corrected chi connectivity index (χ0v) is 12.3. The van der Waals surface area contributed by atoms with E-state index in [0.29, 0.717) is 29.5 Å². The van der Waals surface area contributed by atoms with E-state index in [4.69, 9.17) is 10.2 Å². The number of amides is 1. The highest BCUT2D eigenvalue weighted by Gasteiger charge is 2.18. The molecule has 0 bridgehead atoms. The zero-order chi connectivity index (χ0) is 14.8. The van der Waals surface area contributed by atoms with Crippen LogP contribution in [0.4, 0.5) is 5.69 Å². The van der Waals surface area contributed by atoms with Gasteiger partial charge in [-0.2, -0.15) is 0 Å². The number of likely N-dealkylation sites (tertiary alicyclic amines) is 1. The van der Waals surface area contributed by atoms with Crippen LogP contribution in [0, 0.1) is 5.92 Å². The second-order valence-corrected chi connectivity index (χ2v) is 5.86. The lowest BCUT2D eigenvalue weighted by Gasteiger charge is -2.28. The number of piperidine rings is 1. The third-order valence-corrected chi connectivity index (χ3v) is 4.15. The quantitative estimate of drug-likeness (QED) is 0.848. The summed E-state index contributed by atoms with van der Waals surface area (Å²) < 4.78 is 5.57. The Kier molecular flexibility index (Phi) is 3.84. The third-order valence-electron chi connectivity index (χ3n) is 4.15. The summed E-state index contributed by atoms with van der Waals surface area (Å²) in [5.74, 6) is 0.761. The molecule has 0 spiro atoms. The monoisotopic (exact) mass is 287 g/mol. The van der Waals surface area contributed by atoms with Crippen molar-refractivity contribution in [3.63, 3.8) is 0 Å². The number of furan rings is 1. The summed E-state index contributed by atoms with van der Waals surface area (Å²) in [7, 11) is 2.13. The topological polar surface area (TPSA) is 71.5 Å². The highest BCUT2D eigenvalue weighted by Crippen LogP contribution is 2.22. The average Bonchev–Trinajstić information content (AvgIpc) is 2.89. The number of anilines is 1. The second kappa shape index (κ2) is 5.77. The van der Waals surface area contributed by atoms with Crippen molar-refractivity contribution < 1.29 is 9.21 Å². The van der Waals surface area contributed by atoms with Gasteiger partial charge in [-0.1, -0.05) is 0 Å². The second-order valence-electron chi connectivity index (χ2n) is 5.86. The molecular formula is C16H21N3O2. The number of nitrogens with two attached hydrogens (primary N) is 1. The number of nitrogen functional groups attached to an aromatic ring is 1. The van der Waals surface area contributed by atoms with Gasteiger partial charge < -0.3 is 20.4 Å². The molecular weight excluding hydrogens is 266 g/mol. The van der Waals surface area contributed by atoms with Gasteiger partial charge in [0.25, 0.3) is 5.91 Å². The summed E-state index contributed by atoms with van der Waals surface area (Å²) in [5, 5.41) is 3.84. The molecule has 5 heteroatoms. The number of fused-ring (bicyclic) bond motifs is 1. The Balaban J connectivity index is 1.61. The fourth-order valence-corrected chi connectivity index (χ4v) is 2.76. The number of benzene rings is 1. The maximum atomic E-state index is 12.2. The highest BCUT2D eigenvalue weighted by molar-refractivity contribution is 5.96. The third kappa shape index (κ3) is 3.19. The molecule has 0 radical (unpaired) electrons. The van der Waals surface area contributed by atoms with Gasteiger partial charge in [0.05, 0.1) is 0 Å². The first-order valence-corrected chi connectivity index (χ1v) is 7.37. The molecule has 0 unspecified atom stereocenters. The van der Waals surface area contributed by atoms with E-state index in [1.807, 2.05) is 6.07 Å². The molecule has 5 nitrogen and oxygen atoms in total. The Morgan fingerprint density at radius 3 is 2.90 bits per heavy atom. The molecule has 3 N–H and O–H groups in total. The van der Waals surface area contributed by atoms with Crippen LogP contribution < -0.4 is 11.1 Å². The molecule has 0 aliphatic carbocycles. The van der Waals surface area contributed by atoms with Crippen LogP contribution in [0.5, 0.6) is 0 Å². The van der Waals surface area contributed by atoms with Crippen molar-refractivity contribution in [2.45, 2.75) is 12.8 Å². The fourth-order valence-electron chi connectivity index (χ4n) is 2.76. The summed E-state index contributed by atoms with van der Waals surface area (Å²) in [6.45, 7) is 2.92. The minimum Gasteiger partial charge on any atom is -0.451 e. The predicted molar refractivity (Wildman–Crippen MR) is 83.2 cm³/mol. The van der Waals surface area contributed by atoms with Gasteiger partial charge in [-0.05, 0) is 63.2 Å². The van der Waals surface area contributed by atoms with Crippen LogP contribution in [0.3, 0.4) is 0 Å². The van der Waals surface area contributed by atoms with Crippen LogP contribution in [-0.2, 0) is 0 Å². The number of nitrogens with zero attached hydrogens (tertiary/aromatic N) is 1. The van der Waals surface area contributed by atoms with Gasteiger partial charge in [-0.3, -0.25) is 4.79 Å². The van der Waals surface area contributed by atoms with Gasteiger partial charge >= 0.3 is 0 Å².